The molecule has 0 radical (unpaired) electrons. The fraction of sp³-hybridized carbons (Fsp3) is 0.259. The lowest BCUT2D eigenvalue weighted by atomic mass is 9.81. The van der Waals surface area contributed by atoms with Crippen LogP contribution in [-0.4, -0.2) is 31.8 Å². The van der Waals surface area contributed by atoms with Crippen LogP contribution in [0.25, 0.3) is 11.0 Å². The van der Waals surface area contributed by atoms with E-state index < -0.39 is 0 Å². The van der Waals surface area contributed by atoms with E-state index in [1.807, 2.05) is 41.4 Å². The number of amides is 1. The number of pyridine rings is 1. The van der Waals surface area contributed by atoms with E-state index in [9.17, 15) is 4.79 Å². The number of fused-ring (bicyclic) bond motifs is 1. The van der Waals surface area contributed by atoms with Crippen LogP contribution in [0.5, 0.6) is 0 Å². The van der Waals surface area contributed by atoms with Crippen molar-refractivity contribution in [3.63, 3.8) is 0 Å². The first-order valence-corrected chi connectivity index (χ1v) is 11.2. The highest BCUT2D eigenvalue weighted by atomic mass is 16.2. The summed E-state index contributed by atoms with van der Waals surface area (Å²) in [6.07, 6.45) is 11.1. The molecule has 5 nitrogen and oxygen atoms in total. The normalized spacial score (nSPS) is 18.4. The van der Waals surface area contributed by atoms with Gasteiger partial charge in [0, 0.05) is 42.9 Å². The zero-order chi connectivity index (χ0) is 21.8. The van der Waals surface area contributed by atoms with Crippen LogP contribution < -0.4 is 0 Å². The van der Waals surface area contributed by atoms with Gasteiger partial charge in [-0.2, -0.15) is 0 Å². The highest BCUT2D eigenvalue weighted by molar-refractivity contribution is 5.97. The molecule has 0 aliphatic heterocycles. The first-order chi connectivity index (χ1) is 15.8. The third-order valence-corrected chi connectivity index (χ3v) is 6.46. The highest BCUT2D eigenvalue weighted by Crippen LogP contribution is 2.35. The molecular formula is C27H26N4O. The van der Waals surface area contributed by atoms with E-state index in [4.69, 9.17) is 0 Å². The first kappa shape index (κ1) is 20.3. The minimum absolute atomic E-state index is 0.0459. The van der Waals surface area contributed by atoms with E-state index in [0.29, 0.717) is 18.0 Å². The summed E-state index contributed by atoms with van der Waals surface area (Å²) in [6.45, 7) is 0.561. The molecule has 0 N–H and O–H groups in total. The lowest BCUT2D eigenvalue weighted by Crippen LogP contribution is -2.41. The Balaban J connectivity index is 1.39. The zero-order valence-electron chi connectivity index (χ0n) is 18.0. The van der Waals surface area contributed by atoms with Gasteiger partial charge in [0.05, 0.1) is 11.0 Å². The van der Waals surface area contributed by atoms with Gasteiger partial charge < -0.3 is 4.90 Å². The van der Waals surface area contributed by atoms with Gasteiger partial charge in [0.25, 0.3) is 5.91 Å². The minimum Gasteiger partial charge on any atom is -0.331 e. The standard InChI is InChI=1S/C27H26N4O/c32-27(23-10-13-25-26(17-23)30-16-15-29-25)31(19-20-5-4-14-28-18-20)24-11-8-22(9-12-24)21-6-2-1-3-7-21/h1-7,10,13-18,22,24H,8-9,11-12,19H2. The van der Waals surface area contributed by atoms with Gasteiger partial charge in [-0.1, -0.05) is 36.4 Å². The molecule has 0 atom stereocenters. The second-order valence-corrected chi connectivity index (χ2v) is 8.47. The summed E-state index contributed by atoms with van der Waals surface area (Å²) in [7, 11) is 0. The molecule has 1 amide bonds. The molecule has 0 saturated heterocycles. The van der Waals surface area contributed by atoms with Crippen molar-refractivity contribution >= 4 is 16.9 Å². The van der Waals surface area contributed by atoms with Crippen LogP contribution in [-0.2, 0) is 6.54 Å². The van der Waals surface area contributed by atoms with E-state index in [2.05, 4.69) is 45.3 Å². The van der Waals surface area contributed by atoms with E-state index in [1.54, 1.807) is 18.6 Å². The molecule has 0 bridgehead atoms. The fourth-order valence-electron chi connectivity index (χ4n) is 4.76. The maximum atomic E-state index is 13.7. The van der Waals surface area contributed by atoms with E-state index in [-0.39, 0.29) is 11.9 Å². The average molecular weight is 423 g/mol. The summed E-state index contributed by atoms with van der Waals surface area (Å²) in [5, 5.41) is 0. The van der Waals surface area contributed by atoms with Crippen molar-refractivity contribution < 1.29 is 4.79 Å². The predicted molar refractivity (Wildman–Crippen MR) is 125 cm³/mol. The molecule has 4 aromatic rings. The van der Waals surface area contributed by atoms with Gasteiger partial charge >= 0.3 is 0 Å². The number of carbonyl (C=O) groups excluding carboxylic acids is 1. The van der Waals surface area contributed by atoms with Crippen molar-refractivity contribution in [3.8, 4) is 0 Å². The summed E-state index contributed by atoms with van der Waals surface area (Å²) in [6, 6.07) is 20.5. The number of nitrogens with zero attached hydrogens (tertiary/aromatic N) is 4. The zero-order valence-corrected chi connectivity index (χ0v) is 18.0. The van der Waals surface area contributed by atoms with E-state index in [1.165, 1.54) is 5.56 Å². The monoisotopic (exact) mass is 422 g/mol. The van der Waals surface area contributed by atoms with Crippen molar-refractivity contribution in [1.82, 2.24) is 19.9 Å². The van der Waals surface area contributed by atoms with Crippen LogP contribution in [0.1, 0.15) is 53.1 Å². The second-order valence-electron chi connectivity index (χ2n) is 8.47. The summed E-state index contributed by atoms with van der Waals surface area (Å²) < 4.78 is 0. The summed E-state index contributed by atoms with van der Waals surface area (Å²) in [5.74, 6) is 0.614. The van der Waals surface area contributed by atoms with Gasteiger partial charge in [0.15, 0.2) is 0 Å². The summed E-state index contributed by atoms with van der Waals surface area (Å²) in [5.41, 5.74) is 4.65. The number of hydrogen-bond acceptors (Lipinski definition) is 4. The molecule has 160 valence electrons. The second kappa shape index (κ2) is 9.27. The quantitative estimate of drug-likeness (QED) is 0.432. The number of hydrogen-bond donors (Lipinski definition) is 0. The largest absolute Gasteiger partial charge is 0.331 e. The van der Waals surface area contributed by atoms with Crippen LogP contribution >= 0.6 is 0 Å². The lowest BCUT2D eigenvalue weighted by Gasteiger charge is -2.37. The van der Waals surface area contributed by atoms with E-state index in [0.717, 1.165) is 42.3 Å². The van der Waals surface area contributed by atoms with Crippen molar-refractivity contribution in [2.24, 2.45) is 0 Å². The van der Waals surface area contributed by atoms with Gasteiger partial charge in [0.1, 0.15) is 0 Å². The Morgan fingerprint density at radius 3 is 2.38 bits per heavy atom. The Morgan fingerprint density at radius 1 is 0.844 bits per heavy atom. The molecule has 2 aromatic heterocycles. The molecule has 5 rings (SSSR count). The van der Waals surface area contributed by atoms with Crippen LogP contribution in [0.15, 0.2) is 85.5 Å². The molecule has 1 fully saturated rings. The van der Waals surface area contributed by atoms with Gasteiger partial charge in [0.2, 0.25) is 0 Å². The van der Waals surface area contributed by atoms with Crippen LogP contribution in [0, 0.1) is 0 Å². The van der Waals surface area contributed by atoms with Gasteiger partial charge in [-0.25, -0.2) is 0 Å². The van der Waals surface area contributed by atoms with Crippen molar-refractivity contribution in [2.75, 3.05) is 0 Å². The molecule has 0 spiro atoms. The number of aromatic nitrogens is 3. The Morgan fingerprint density at radius 2 is 1.62 bits per heavy atom. The Hall–Kier alpha value is -3.60. The Kier molecular flexibility index (Phi) is 5.88. The Bertz CT molecular complexity index is 1190. The first-order valence-electron chi connectivity index (χ1n) is 11.2. The van der Waals surface area contributed by atoms with Crippen molar-refractivity contribution in [3.05, 3.63) is 102 Å². The van der Waals surface area contributed by atoms with Crippen molar-refractivity contribution in [1.29, 1.82) is 0 Å². The molecule has 2 aromatic carbocycles. The van der Waals surface area contributed by atoms with Crippen LogP contribution in [0.2, 0.25) is 0 Å². The highest BCUT2D eigenvalue weighted by Gasteiger charge is 2.30. The Labute approximate surface area is 188 Å². The van der Waals surface area contributed by atoms with E-state index >= 15 is 0 Å². The maximum absolute atomic E-state index is 13.7. The third kappa shape index (κ3) is 4.37. The molecule has 32 heavy (non-hydrogen) atoms. The number of rotatable bonds is 5. The van der Waals surface area contributed by atoms with Crippen molar-refractivity contribution in [2.45, 2.75) is 44.2 Å². The smallest absolute Gasteiger partial charge is 0.254 e. The molecule has 5 heteroatoms. The van der Waals surface area contributed by atoms with Gasteiger partial charge in [-0.3, -0.25) is 19.7 Å². The topological polar surface area (TPSA) is 59.0 Å². The van der Waals surface area contributed by atoms with Crippen LogP contribution in [0.4, 0.5) is 0 Å². The molecule has 1 aliphatic carbocycles. The average Bonchev–Trinajstić information content (AvgIpc) is 2.88. The SMILES string of the molecule is O=C(c1ccc2nccnc2c1)N(Cc1cccnc1)C1CCC(c2ccccc2)CC1. The fourth-order valence-corrected chi connectivity index (χ4v) is 4.76. The molecule has 0 unspecified atom stereocenters. The molecule has 2 heterocycles. The summed E-state index contributed by atoms with van der Waals surface area (Å²) in [4.78, 5) is 28.7. The van der Waals surface area contributed by atoms with Gasteiger partial charge in [-0.15, -0.1) is 0 Å². The lowest BCUT2D eigenvalue weighted by molar-refractivity contribution is 0.0605. The minimum atomic E-state index is 0.0459. The molecule has 1 aliphatic rings. The maximum Gasteiger partial charge on any atom is 0.254 e. The predicted octanol–water partition coefficient (Wildman–Crippen LogP) is 5.39. The molecule has 1 saturated carbocycles. The van der Waals surface area contributed by atoms with Gasteiger partial charge in [-0.05, 0) is 67.0 Å². The number of benzene rings is 2. The molecular weight excluding hydrogens is 396 g/mol. The summed E-state index contributed by atoms with van der Waals surface area (Å²) >= 11 is 0. The third-order valence-electron chi connectivity index (χ3n) is 6.46. The number of carbonyl (C=O) groups is 1. The van der Waals surface area contributed by atoms with Crippen LogP contribution in [0.3, 0.4) is 0 Å².